The van der Waals surface area contributed by atoms with Gasteiger partial charge in [-0.25, -0.2) is 4.98 Å². The Bertz CT molecular complexity index is 1140. The molecule has 35 heavy (non-hydrogen) atoms. The molecule has 0 saturated heterocycles. The second-order valence-electron chi connectivity index (χ2n) is 11.4. The number of aromatic nitrogens is 4. The average Bonchev–Trinajstić information content (AvgIpc) is 3.71. The molecule has 4 aliphatic rings. The molecule has 5 N–H and O–H groups in total. The molecule has 4 fully saturated rings. The standard InChI is InChI=1S/C24H33ClN6O4/c1-10(2)14(26)22(34)35-8-24-7-13(24)17(18(32)19(24)33)31-9-27-16-20(29-23(25)30-21(16)31)28-15(11-3-4-11)12-5-6-12/h9-15,17-19,32-33H,3-8,26H2,1-2H3,(H,28,29,30)/t13-,14?,17-,18+,19+,24+/m1/s1. The number of carbonyl (C=O) groups excluding carboxylic acids is 1. The second-order valence-corrected chi connectivity index (χ2v) is 11.7. The molecule has 0 radical (unpaired) electrons. The number of carbonyl (C=O) groups is 1. The smallest absolute Gasteiger partial charge is 0.323 e. The third-order valence-electron chi connectivity index (χ3n) is 8.61. The highest BCUT2D eigenvalue weighted by atomic mass is 35.5. The Balaban J connectivity index is 1.25. The van der Waals surface area contributed by atoms with Crippen LogP contribution in [0, 0.1) is 29.1 Å². The molecular weight excluding hydrogens is 472 g/mol. The molecule has 11 heteroatoms. The number of ether oxygens (including phenoxy) is 1. The highest BCUT2D eigenvalue weighted by molar-refractivity contribution is 6.28. The molecule has 2 aromatic heterocycles. The lowest BCUT2D eigenvalue weighted by Crippen LogP contribution is -2.40. The number of imidazole rings is 1. The first kappa shape index (κ1) is 23.4. The van der Waals surface area contributed by atoms with Crippen molar-refractivity contribution in [3.05, 3.63) is 11.6 Å². The number of esters is 1. The van der Waals surface area contributed by atoms with Crippen LogP contribution in [0.5, 0.6) is 0 Å². The predicted molar refractivity (Wildman–Crippen MR) is 129 cm³/mol. The maximum Gasteiger partial charge on any atom is 0.323 e. The Morgan fingerprint density at radius 2 is 1.97 bits per heavy atom. The van der Waals surface area contributed by atoms with Gasteiger partial charge in [-0.15, -0.1) is 0 Å². The van der Waals surface area contributed by atoms with Gasteiger partial charge in [-0.2, -0.15) is 9.97 Å². The van der Waals surface area contributed by atoms with Gasteiger partial charge in [0.05, 0.1) is 25.1 Å². The number of hydrogen-bond acceptors (Lipinski definition) is 9. The molecular formula is C24H33ClN6O4. The van der Waals surface area contributed by atoms with Crippen LogP contribution in [0.2, 0.25) is 5.28 Å². The molecule has 1 unspecified atom stereocenters. The van der Waals surface area contributed by atoms with Gasteiger partial charge in [-0.1, -0.05) is 13.8 Å². The van der Waals surface area contributed by atoms with E-state index in [4.69, 9.17) is 22.1 Å². The molecule has 4 saturated carbocycles. The first-order valence-electron chi connectivity index (χ1n) is 12.7. The number of nitrogens with two attached hydrogens (primary N) is 1. The summed E-state index contributed by atoms with van der Waals surface area (Å²) in [5, 5.41) is 25.7. The van der Waals surface area contributed by atoms with Gasteiger partial charge in [-0.3, -0.25) is 4.79 Å². The van der Waals surface area contributed by atoms with Crippen molar-refractivity contribution >= 4 is 34.6 Å². The van der Waals surface area contributed by atoms with Gasteiger partial charge in [0.25, 0.3) is 0 Å². The summed E-state index contributed by atoms with van der Waals surface area (Å²) in [6.45, 7) is 3.73. The normalized spacial score (nSPS) is 32.8. The van der Waals surface area contributed by atoms with Gasteiger partial charge in [0.2, 0.25) is 5.28 Å². The zero-order valence-corrected chi connectivity index (χ0v) is 20.7. The van der Waals surface area contributed by atoms with E-state index in [0.29, 0.717) is 41.3 Å². The van der Waals surface area contributed by atoms with Gasteiger partial charge in [-0.05, 0) is 67.4 Å². The summed E-state index contributed by atoms with van der Waals surface area (Å²) in [7, 11) is 0. The fourth-order valence-corrected chi connectivity index (χ4v) is 6.16. The maximum absolute atomic E-state index is 12.3. The number of hydrogen-bond donors (Lipinski definition) is 4. The molecule has 0 bridgehead atoms. The molecule has 2 aromatic rings. The van der Waals surface area contributed by atoms with Gasteiger partial charge >= 0.3 is 5.97 Å². The van der Waals surface area contributed by atoms with Gasteiger partial charge in [0.1, 0.15) is 12.1 Å². The largest absolute Gasteiger partial charge is 0.464 e. The molecule has 6 atom stereocenters. The van der Waals surface area contributed by atoms with E-state index in [0.717, 1.165) is 0 Å². The van der Waals surface area contributed by atoms with Crippen molar-refractivity contribution in [3.63, 3.8) is 0 Å². The van der Waals surface area contributed by atoms with E-state index in [1.165, 1.54) is 25.7 Å². The van der Waals surface area contributed by atoms with Crippen LogP contribution in [0.1, 0.15) is 52.0 Å². The van der Waals surface area contributed by atoms with E-state index < -0.39 is 35.7 Å². The Morgan fingerprint density at radius 1 is 1.29 bits per heavy atom. The van der Waals surface area contributed by atoms with E-state index in [2.05, 4.69) is 20.3 Å². The summed E-state index contributed by atoms with van der Waals surface area (Å²) < 4.78 is 7.29. The second kappa shape index (κ2) is 8.26. The average molecular weight is 505 g/mol. The monoisotopic (exact) mass is 504 g/mol. The Kier molecular flexibility index (Phi) is 5.52. The molecule has 2 heterocycles. The molecule has 0 amide bonds. The Labute approximate surface area is 208 Å². The van der Waals surface area contributed by atoms with Crippen LogP contribution < -0.4 is 11.1 Å². The van der Waals surface area contributed by atoms with Crippen molar-refractivity contribution in [2.45, 2.75) is 76.3 Å². The molecule has 0 aromatic carbocycles. The van der Waals surface area contributed by atoms with Crippen molar-refractivity contribution in [2.24, 2.45) is 34.8 Å². The summed E-state index contributed by atoms with van der Waals surface area (Å²) in [6, 6.07) is -0.814. The van der Waals surface area contributed by atoms with Crippen molar-refractivity contribution in [1.29, 1.82) is 0 Å². The van der Waals surface area contributed by atoms with E-state index >= 15 is 0 Å². The minimum Gasteiger partial charge on any atom is -0.464 e. The molecule has 6 rings (SSSR count). The number of nitrogens with zero attached hydrogens (tertiary/aromatic N) is 4. The summed E-state index contributed by atoms with van der Waals surface area (Å²) >= 11 is 6.33. The third-order valence-corrected chi connectivity index (χ3v) is 8.77. The number of anilines is 1. The lowest BCUT2D eigenvalue weighted by Gasteiger charge is -2.24. The first-order valence-corrected chi connectivity index (χ1v) is 13.0. The Morgan fingerprint density at radius 3 is 2.60 bits per heavy atom. The van der Waals surface area contributed by atoms with E-state index in [1.54, 1.807) is 10.9 Å². The quantitative estimate of drug-likeness (QED) is 0.296. The van der Waals surface area contributed by atoms with Crippen LogP contribution in [0.3, 0.4) is 0 Å². The predicted octanol–water partition coefficient (Wildman–Crippen LogP) is 1.89. The fourth-order valence-electron chi connectivity index (χ4n) is 6.00. The summed E-state index contributed by atoms with van der Waals surface area (Å²) in [6.07, 6.45) is 5.08. The maximum atomic E-state index is 12.3. The van der Waals surface area contributed by atoms with Crippen molar-refractivity contribution < 1.29 is 19.7 Å². The van der Waals surface area contributed by atoms with E-state index in [-0.39, 0.29) is 23.7 Å². The van der Waals surface area contributed by atoms with E-state index in [9.17, 15) is 15.0 Å². The van der Waals surface area contributed by atoms with Crippen LogP contribution in [0.4, 0.5) is 5.82 Å². The minimum atomic E-state index is -1.06. The molecule has 0 aliphatic heterocycles. The van der Waals surface area contributed by atoms with Crippen molar-refractivity contribution in [3.8, 4) is 0 Å². The summed E-state index contributed by atoms with van der Waals surface area (Å²) in [5.74, 6) is 1.32. The minimum absolute atomic E-state index is 0.0191. The highest BCUT2D eigenvalue weighted by Gasteiger charge is 2.72. The van der Waals surface area contributed by atoms with Gasteiger partial charge < -0.3 is 30.6 Å². The van der Waals surface area contributed by atoms with Crippen LogP contribution in [-0.2, 0) is 9.53 Å². The number of aliphatic hydroxyl groups excluding tert-OH is 2. The lowest BCUT2D eigenvalue weighted by molar-refractivity contribution is -0.150. The number of fused-ring (bicyclic) bond motifs is 2. The highest BCUT2D eigenvalue weighted by Crippen LogP contribution is 2.67. The number of nitrogens with one attached hydrogen (secondary N) is 1. The van der Waals surface area contributed by atoms with Crippen LogP contribution in [0.25, 0.3) is 11.2 Å². The molecule has 4 aliphatic carbocycles. The topological polar surface area (TPSA) is 148 Å². The number of halogens is 1. The van der Waals surface area contributed by atoms with E-state index in [1.807, 2.05) is 13.8 Å². The zero-order chi connectivity index (χ0) is 24.6. The van der Waals surface area contributed by atoms with Crippen molar-refractivity contribution in [2.75, 3.05) is 11.9 Å². The third kappa shape index (κ3) is 3.89. The summed E-state index contributed by atoms with van der Waals surface area (Å²) in [4.78, 5) is 25.8. The lowest BCUT2D eigenvalue weighted by atomic mass is 10.00. The van der Waals surface area contributed by atoms with Crippen LogP contribution >= 0.6 is 11.6 Å². The number of rotatable bonds is 9. The van der Waals surface area contributed by atoms with Crippen LogP contribution in [-0.4, -0.2) is 66.6 Å². The van der Waals surface area contributed by atoms with Gasteiger partial charge in [0, 0.05) is 11.5 Å². The first-order chi connectivity index (χ1) is 16.7. The number of aliphatic hydroxyl groups is 2. The zero-order valence-electron chi connectivity index (χ0n) is 20.0. The SMILES string of the molecule is CC(C)C(N)C(=O)OC[C@@]12C[C@@H]1[C@@H](n1cnc3c(NC(C4CC4)C4CC4)nc(Cl)nc31)[C@H](O)[C@@H]2O. The molecule has 10 nitrogen and oxygen atoms in total. The molecule has 0 spiro atoms. The fraction of sp³-hybridized carbons (Fsp3) is 0.750. The Hall–Kier alpha value is -2.01. The van der Waals surface area contributed by atoms with Crippen LogP contribution in [0.15, 0.2) is 6.33 Å². The molecule has 190 valence electrons. The summed E-state index contributed by atoms with van der Waals surface area (Å²) in [5.41, 5.74) is 6.34. The van der Waals surface area contributed by atoms with Gasteiger partial charge in [0.15, 0.2) is 17.0 Å². The van der Waals surface area contributed by atoms with Crippen molar-refractivity contribution in [1.82, 2.24) is 19.5 Å².